The van der Waals surface area contributed by atoms with E-state index in [4.69, 9.17) is 11.6 Å². The zero-order valence-electron chi connectivity index (χ0n) is 20.0. The van der Waals surface area contributed by atoms with Gasteiger partial charge in [-0.2, -0.15) is 0 Å². The second-order valence-corrected chi connectivity index (χ2v) is 8.28. The SMILES string of the molecule is CCN(CC)CCCNC(=O)c1nc[nH]c1C(=O)Nc1ccc(NC(=O)c2ccc(F)cc2Cl)cc1. The zero-order chi connectivity index (χ0) is 26.1. The van der Waals surface area contributed by atoms with E-state index in [1.807, 2.05) is 0 Å². The number of hydrogen-bond donors (Lipinski definition) is 4. The van der Waals surface area contributed by atoms with E-state index >= 15 is 0 Å². The molecule has 0 atom stereocenters. The molecule has 0 bridgehead atoms. The number of halogens is 2. The molecule has 3 aromatic rings. The highest BCUT2D eigenvalue weighted by Crippen LogP contribution is 2.20. The summed E-state index contributed by atoms with van der Waals surface area (Å²) in [6.07, 6.45) is 2.08. The van der Waals surface area contributed by atoms with Crippen LogP contribution in [0.3, 0.4) is 0 Å². The van der Waals surface area contributed by atoms with E-state index < -0.39 is 23.5 Å². The Morgan fingerprint density at radius 1 is 0.972 bits per heavy atom. The van der Waals surface area contributed by atoms with E-state index in [2.05, 4.69) is 44.7 Å². The molecule has 3 amide bonds. The number of carbonyl (C=O) groups excluding carboxylic acids is 3. The maximum absolute atomic E-state index is 13.2. The molecule has 0 unspecified atom stereocenters. The lowest BCUT2D eigenvalue weighted by Crippen LogP contribution is -2.31. The monoisotopic (exact) mass is 514 g/mol. The van der Waals surface area contributed by atoms with Crippen molar-refractivity contribution in [3.8, 4) is 0 Å². The Labute approximate surface area is 213 Å². The number of nitrogens with zero attached hydrogens (tertiary/aromatic N) is 2. The highest BCUT2D eigenvalue weighted by molar-refractivity contribution is 6.34. The minimum absolute atomic E-state index is 0.000302. The fourth-order valence-electron chi connectivity index (χ4n) is 3.47. The highest BCUT2D eigenvalue weighted by Gasteiger charge is 2.20. The van der Waals surface area contributed by atoms with E-state index in [0.717, 1.165) is 38.2 Å². The van der Waals surface area contributed by atoms with E-state index in [9.17, 15) is 18.8 Å². The zero-order valence-corrected chi connectivity index (χ0v) is 20.8. The van der Waals surface area contributed by atoms with Gasteiger partial charge >= 0.3 is 0 Å². The molecule has 0 aliphatic heterocycles. The number of imidazole rings is 1. The van der Waals surface area contributed by atoms with Gasteiger partial charge < -0.3 is 25.8 Å². The maximum atomic E-state index is 13.2. The Kier molecular flexibility index (Phi) is 9.54. The van der Waals surface area contributed by atoms with Crippen LogP contribution >= 0.6 is 11.6 Å². The van der Waals surface area contributed by atoms with Gasteiger partial charge in [0, 0.05) is 17.9 Å². The third-order valence-electron chi connectivity index (χ3n) is 5.49. The van der Waals surface area contributed by atoms with Crippen LogP contribution in [-0.4, -0.2) is 58.8 Å². The number of anilines is 2. The average molecular weight is 515 g/mol. The van der Waals surface area contributed by atoms with Crippen LogP contribution in [0, 0.1) is 5.82 Å². The van der Waals surface area contributed by atoms with Crippen molar-refractivity contribution in [2.75, 3.05) is 36.8 Å². The molecular weight excluding hydrogens is 487 g/mol. The number of hydrogen-bond acceptors (Lipinski definition) is 5. The fraction of sp³-hybridized carbons (Fsp3) is 0.280. The van der Waals surface area contributed by atoms with Gasteiger partial charge in [0.2, 0.25) is 0 Å². The smallest absolute Gasteiger partial charge is 0.274 e. The lowest BCUT2D eigenvalue weighted by atomic mass is 10.2. The van der Waals surface area contributed by atoms with Crippen LogP contribution in [0.2, 0.25) is 5.02 Å². The Morgan fingerprint density at radius 2 is 1.61 bits per heavy atom. The predicted molar refractivity (Wildman–Crippen MR) is 137 cm³/mol. The standard InChI is InChI=1S/C25H28ClFN6O3/c1-3-33(4-2)13-5-12-28-24(35)21-22(30-15-29-21)25(36)32-18-9-7-17(8-10-18)31-23(34)19-11-6-16(27)14-20(19)26/h6-11,14-15H,3-5,12-13H2,1-2H3,(H,28,35)(H,29,30)(H,31,34)(H,32,36). The second-order valence-electron chi connectivity index (χ2n) is 7.87. The van der Waals surface area contributed by atoms with E-state index in [1.165, 1.54) is 12.4 Å². The molecule has 0 radical (unpaired) electrons. The maximum Gasteiger partial charge on any atom is 0.274 e. The third kappa shape index (κ3) is 7.12. The van der Waals surface area contributed by atoms with Crippen molar-refractivity contribution >= 4 is 40.7 Å². The van der Waals surface area contributed by atoms with Crippen molar-refractivity contribution in [2.45, 2.75) is 20.3 Å². The molecule has 0 fully saturated rings. The molecule has 3 rings (SSSR count). The Hall–Kier alpha value is -3.76. The molecule has 1 aromatic heterocycles. The molecule has 11 heteroatoms. The van der Waals surface area contributed by atoms with E-state index in [0.29, 0.717) is 17.9 Å². The quantitative estimate of drug-likeness (QED) is 0.286. The molecule has 190 valence electrons. The summed E-state index contributed by atoms with van der Waals surface area (Å²) in [6.45, 7) is 7.41. The van der Waals surface area contributed by atoms with Crippen LogP contribution in [-0.2, 0) is 0 Å². The van der Waals surface area contributed by atoms with Crippen LogP contribution in [0.1, 0.15) is 51.6 Å². The number of aromatic amines is 1. The predicted octanol–water partition coefficient (Wildman–Crippen LogP) is 4.17. The van der Waals surface area contributed by atoms with E-state index in [-0.39, 0.29) is 22.0 Å². The first-order valence-corrected chi connectivity index (χ1v) is 11.9. The number of carbonyl (C=O) groups is 3. The fourth-order valence-corrected chi connectivity index (χ4v) is 3.72. The van der Waals surface area contributed by atoms with Crippen molar-refractivity contribution < 1.29 is 18.8 Å². The van der Waals surface area contributed by atoms with Gasteiger partial charge in [0.05, 0.1) is 16.9 Å². The van der Waals surface area contributed by atoms with Crippen molar-refractivity contribution in [1.82, 2.24) is 20.2 Å². The molecule has 0 saturated heterocycles. The summed E-state index contributed by atoms with van der Waals surface area (Å²) >= 11 is 5.93. The molecule has 0 spiro atoms. The van der Waals surface area contributed by atoms with Crippen LogP contribution in [0.5, 0.6) is 0 Å². The van der Waals surface area contributed by atoms with Crippen LogP contribution in [0.15, 0.2) is 48.8 Å². The van der Waals surface area contributed by atoms with Crippen LogP contribution in [0.25, 0.3) is 0 Å². The number of nitrogens with one attached hydrogen (secondary N) is 4. The van der Waals surface area contributed by atoms with Crippen LogP contribution < -0.4 is 16.0 Å². The molecule has 0 aliphatic rings. The highest BCUT2D eigenvalue weighted by atomic mass is 35.5. The van der Waals surface area contributed by atoms with Gasteiger partial charge in [-0.1, -0.05) is 25.4 Å². The first-order chi connectivity index (χ1) is 17.3. The Bertz CT molecular complexity index is 1210. The number of amides is 3. The number of aromatic nitrogens is 2. The molecule has 0 aliphatic carbocycles. The topological polar surface area (TPSA) is 119 Å². The summed E-state index contributed by atoms with van der Waals surface area (Å²) < 4.78 is 13.2. The van der Waals surface area contributed by atoms with E-state index in [1.54, 1.807) is 24.3 Å². The van der Waals surface area contributed by atoms with Gasteiger partial charge in [0.15, 0.2) is 5.69 Å². The Morgan fingerprint density at radius 3 is 2.22 bits per heavy atom. The molecular formula is C25H28ClFN6O3. The normalized spacial score (nSPS) is 10.8. The van der Waals surface area contributed by atoms with Crippen molar-refractivity contribution in [3.05, 3.63) is 76.6 Å². The third-order valence-corrected chi connectivity index (χ3v) is 5.80. The van der Waals surface area contributed by atoms with Gasteiger partial charge in [-0.15, -0.1) is 0 Å². The molecule has 4 N–H and O–H groups in total. The van der Waals surface area contributed by atoms with Gasteiger partial charge in [0.25, 0.3) is 17.7 Å². The number of rotatable bonds is 11. The summed E-state index contributed by atoms with van der Waals surface area (Å²) in [7, 11) is 0. The van der Waals surface area contributed by atoms with Gasteiger partial charge in [-0.3, -0.25) is 14.4 Å². The summed E-state index contributed by atoms with van der Waals surface area (Å²) in [5.74, 6) is -2.00. The molecule has 0 saturated carbocycles. The lowest BCUT2D eigenvalue weighted by Gasteiger charge is -2.17. The van der Waals surface area contributed by atoms with Gasteiger partial charge in [-0.25, -0.2) is 9.37 Å². The minimum Gasteiger partial charge on any atom is -0.351 e. The largest absolute Gasteiger partial charge is 0.351 e. The summed E-state index contributed by atoms with van der Waals surface area (Å²) in [5.41, 5.74) is 1.08. The molecule has 2 aromatic carbocycles. The first kappa shape index (κ1) is 26.8. The lowest BCUT2D eigenvalue weighted by molar-refractivity contribution is 0.0933. The summed E-state index contributed by atoms with van der Waals surface area (Å²) in [5, 5.41) is 8.15. The summed E-state index contributed by atoms with van der Waals surface area (Å²) in [4.78, 5) is 46.6. The average Bonchev–Trinajstić information content (AvgIpc) is 3.35. The first-order valence-electron chi connectivity index (χ1n) is 11.5. The van der Waals surface area contributed by atoms with Crippen molar-refractivity contribution in [1.29, 1.82) is 0 Å². The minimum atomic E-state index is -0.537. The molecule has 1 heterocycles. The molecule has 9 nitrogen and oxygen atoms in total. The van der Waals surface area contributed by atoms with Gasteiger partial charge in [-0.05, 0) is 68.5 Å². The van der Waals surface area contributed by atoms with Crippen molar-refractivity contribution in [3.63, 3.8) is 0 Å². The summed E-state index contributed by atoms with van der Waals surface area (Å²) in [6, 6.07) is 9.85. The van der Waals surface area contributed by atoms with Crippen molar-refractivity contribution in [2.24, 2.45) is 0 Å². The Balaban J connectivity index is 1.55. The number of H-pyrrole nitrogens is 1. The van der Waals surface area contributed by atoms with Crippen LogP contribution in [0.4, 0.5) is 15.8 Å². The van der Waals surface area contributed by atoms with Gasteiger partial charge in [0.1, 0.15) is 11.5 Å². The second kappa shape index (κ2) is 12.8. The number of benzene rings is 2. The molecule has 36 heavy (non-hydrogen) atoms.